The van der Waals surface area contributed by atoms with Crippen molar-refractivity contribution in [1.82, 2.24) is 0 Å². The Bertz CT molecular complexity index is 166. The van der Waals surface area contributed by atoms with Gasteiger partial charge < -0.3 is 10.8 Å². The van der Waals surface area contributed by atoms with Gasteiger partial charge in [0.25, 0.3) is 0 Å². The van der Waals surface area contributed by atoms with Crippen LogP contribution in [-0.4, -0.2) is 29.8 Å². The first kappa shape index (κ1) is 13.3. The number of halogens is 4. The number of carboxylic acids is 1. The maximum atomic E-state index is 10.6. The molecule has 0 bridgehead atoms. The van der Waals surface area contributed by atoms with E-state index in [1.807, 2.05) is 0 Å². The quantitative estimate of drug-likeness (QED) is 0.575. The van der Waals surface area contributed by atoms with Crippen LogP contribution in [0.25, 0.3) is 0 Å². The van der Waals surface area contributed by atoms with Crippen molar-refractivity contribution in [3.63, 3.8) is 0 Å². The highest BCUT2D eigenvalue weighted by Crippen LogP contribution is 2.13. The Morgan fingerprint density at radius 1 is 1.33 bits per heavy atom. The van der Waals surface area contributed by atoms with Crippen LogP contribution in [0.15, 0.2) is 0 Å². The van der Waals surface area contributed by atoms with E-state index < -0.39 is 24.7 Å². The Labute approximate surface area is 64.0 Å². The molecule has 8 heteroatoms. The number of carboxylic acid groups (broad SMARTS) is 1. The molecule has 0 aliphatic carbocycles. The summed E-state index contributed by atoms with van der Waals surface area (Å²) in [6.07, 6.45) is -5.08. The Kier molecular flexibility index (Phi) is 5.89. The molecule has 0 saturated carbocycles. The van der Waals surface area contributed by atoms with Gasteiger partial charge in [0.15, 0.2) is 6.67 Å². The molecule has 0 rings (SSSR count). The lowest BCUT2D eigenvalue weighted by molar-refractivity contribution is -0.192. The van der Waals surface area contributed by atoms with E-state index >= 15 is 0 Å². The first-order valence-corrected chi connectivity index (χ1v) is 2.36. The second-order valence-electron chi connectivity index (χ2n) is 1.40. The summed E-state index contributed by atoms with van der Waals surface area (Å²) in [6.45, 7) is -1.06. The number of carbonyl (C=O) groups is 2. The zero-order chi connectivity index (χ0) is 10.4. The molecule has 0 spiro atoms. The summed E-state index contributed by atoms with van der Waals surface area (Å²) in [5.41, 5.74) is 4.28. The highest BCUT2D eigenvalue weighted by Gasteiger charge is 2.38. The maximum absolute atomic E-state index is 10.6. The molecule has 72 valence electrons. The van der Waals surface area contributed by atoms with Crippen molar-refractivity contribution in [2.45, 2.75) is 6.18 Å². The van der Waals surface area contributed by atoms with Gasteiger partial charge in [-0.2, -0.15) is 13.2 Å². The minimum atomic E-state index is -5.08. The summed E-state index contributed by atoms with van der Waals surface area (Å²) >= 11 is 0. The number of hydrogen-bond donors (Lipinski definition) is 2. The predicted molar refractivity (Wildman–Crippen MR) is 28.9 cm³/mol. The number of primary amides is 1. The number of rotatable bonds is 1. The molecule has 0 atom stereocenters. The van der Waals surface area contributed by atoms with Gasteiger partial charge in [-0.05, 0) is 0 Å². The summed E-state index contributed by atoms with van der Waals surface area (Å²) < 4.78 is 42.4. The highest BCUT2D eigenvalue weighted by molar-refractivity contribution is 5.74. The highest BCUT2D eigenvalue weighted by atomic mass is 19.4. The van der Waals surface area contributed by atoms with E-state index in [1.165, 1.54) is 0 Å². The molecular formula is C4H5F4NO3. The molecular weight excluding hydrogens is 186 g/mol. The van der Waals surface area contributed by atoms with Gasteiger partial charge in [-0.15, -0.1) is 0 Å². The van der Waals surface area contributed by atoms with Crippen LogP contribution in [-0.2, 0) is 9.59 Å². The molecule has 3 N–H and O–H groups in total. The van der Waals surface area contributed by atoms with Gasteiger partial charge >= 0.3 is 12.1 Å². The fraction of sp³-hybridized carbons (Fsp3) is 0.500. The number of aliphatic carboxylic acids is 1. The standard InChI is InChI=1S/C2HF3O2.C2H4FNO/c3-2(4,5)1(6)7;3-1-2(4)5/h(H,6,7);1H2,(H2,4,5). The van der Waals surface area contributed by atoms with E-state index in [9.17, 15) is 22.4 Å². The summed E-state index contributed by atoms with van der Waals surface area (Å²) in [7, 11) is 0. The lowest BCUT2D eigenvalue weighted by atomic mass is 10.7. The molecule has 0 fully saturated rings. The zero-order valence-electron chi connectivity index (χ0n) is 5.56. The summed E-state index contributed by atoms with van der Waals surface area (Å²) in [6, 6.07) is 0. The van der Waals surface area contributed by atoms with Gasteiger partial charge in [-0.3, -0.25) is 4.79 Å². The number of alkyl halides is 4. The first-order chi connectivity index (χ1) is 5.21. The lowest BCUT2D eigenvalue weighted by Gasteiger charge is -1.93. The molecule has 0 saturated heterocycles. The Balaban J connectivity index is 0. The van der Waals surface area contributed by atoms with E-state index in [-0.39, 0.29) is 0 Å². The van der Waals surface area contributed by atoms with Gasteiger partial charge in [0.2, 0.25) is 5.91 Å². The zero-order valence-corrected chi connectivity index (χ0v) is 5.56. The van der Waals surface area contributed by atoms with Crippen molar-refractivity contribution in [2.75, 3.05) is 6.67 Å². The molecule has 4 nitrogen and oxygen atoms in total. The summed E-state index contributed by atoms with van der Waals surface area (Å²) in [4.78, 5) is 18.1. The number of amides is 1. The van der Waals surface area contributed by atoms with Crippen molar-refractivity contribution in [3.8, 4) is 0 Å². The van der Waals surface area contributed by atoms with Crippen LogP contribution in [0.5, 0.6) is 0 Å². The molecule has 0 aromatic rings. The van der Waals surface area contributed by atoms with Gasteiger partial charge in [0, 0.05) is 0 Å². The smallest absolute Gasteiger partial charge is 0.475 e. The molecule has 0 heterocycles. The molecule has 12 heavy (non-hydrogen) atoms. The average molecular weight is 191 g/mol. The van der Waals surface area contributed by atoms with E-state index in [4.69, 9.17) is 9.90 Å². The Morgan fingerprint density at radius 2 is 1.50 bits per heavy atom. The minimum absolute atomic E-state index is 0.912. The third-order valence-electron chi connectivity index (χ3n) is 0.374. The van der Waals surface area contributed by atoms with Crippen LogP contribution in [0.4, 0.5) is 17.6 Å². The van der Waals surface area contributed by atoms with Gasteiger partial charge in [-0.1, -0.05) is 0 Å². The first-order valence-electron chi connectivity index (χ1n) is 2.36. The Morgan fingerprint density at radius 3 is 1.50 bits per heavy atom. The monoisotopic (exact) mass is 191 g/mol. The molecule has 0 aliphatic rings. The number of nitrogens with two attached hydrogens (primary N) is 1. The van der Waals surface area contributed by atoms with Crippen molar-refractivity contribution in [1.29, 1.82) is 0 Å². The second-order valence-corrected chi connectivity index (χ2v) is 1.40. The van der Waals surface area contributed by atoms with E-state index in [0.717, 1.165) is 0 Å². The maximum Gasteiger partial charge on any atom is 0.490 e. The van der Waals surface area contributed by atoms with E-state index in [0.29, 0.717) is 0 Å². The molecule has 0 aromatic heterocycles. The summed E-state index contributed by atoms with van der Waals surface area (Å²) in [5, 5.41) is 7.12. The van der Waals surface area contributed by atoms with Crippen LogP contribution >= 0.6 is 0 Å². The lowest BCUT2D eigenvalue weighted by Crippen LogP contribution is -2.21. The molecule has 0 aromatic carbocycles. The third kappa shape index (κ3) is 11.5. The van der Waals surface area contributed by atoms with Crippen LogP contribution < -0.4 is 5.73 Å². The third-order valence-corrected chi connectivity index (χ3v) is 0.374. The SMILES string of the molecule is NC(=O)CF.O=C(O)C(F)(F)F. The Hall–Kier alpha value is -1.34. The fourth-order valence-electron chi connectivity index (χ4n) is 0. The van der Waals surface area contributed by atoms with E-state index in [1.54, 1.807) is 0 Å². The topological polar surface area (TPSA) is 80.4 Å². The van der Waals surface area contributed by atoms with Crippen molar-refractivity contribution < 1.29 is 32.3 Å². The van der Waals surface area contributed by atoms with Gasteiger partial charge in [-0.25, -0.2) is 9.18 Å². The molecule has 1 amide bonds. The van der Waals surface area contributed by atoms with Crippen LogP contribution in [0.3, 0.4) is 0 Å². The van der Waals surface area contributed by atoms with Crippen LogP contribution in [0, 0.1) is 0 Å². The van der Waals surface area contributed by atoms with Crippen molar-refractivity contribution in [3.05, 3.63) is 0 Å². The second kappa shape index (κ2) is 5.33. The summed E-state index contributed by atoms with van der Waals surface area (Å²) in [5.74, 6) is -3.67. The fourth-order valence-corrected chi connectivity index (χ4v) is 0. The van der Waals surface area contributed by atoms with Gasteiger partial charge in [0.1, 0.15) is 0 Å². The molecule has 0 aliphatic heterocycles. The largest absolute Gasteiger partial charge is 0.490 e. The minimum Gasteiger partial charge on any atom is -0.475 e. The normalized spacial score (nSPS) is 9.67. The number of hydrogen-bond acceptors (Lipinski definition) is 2. The number of carbonyl (C=O) groups excluding carboxylic acids is 1. The van der Waals surface area contributed by atoms with E-state index in [2.05, 4.69) is 5.73 Å². The predicted octanol–water partition coefficient (Wildman–Crippen LogP) is 0.0745. The van der Waals surface area contributed by atoms with Crippen molar-refractivity contribution in [2.24, 2.45) is 5.73 Å². The molecule has 0 unspecified atom stereocenters. The van der Waals surface area contributed by atoms with Crippen molar-refractivity contribution >= 4 is 11.9 Å². The van der Waals surface area contributed by atoms with Gasteiger partial charge in [0.05, 0.1) is 0 Å². The average Bonchev–Trinajstić information content (AvgIpc) is 1.87. The molecule has 0 radical (unpaired) electrons. The van der Waals surface area contributed by atoms with Crippen LogP contribution in [0.2, 0.25) is 0 Å². The van der Waals surface area contributed by atoms with Crippen LogP contribution in [0.1, 0.15) is 0 Å².